The highest BCUT2D eigenvalue weighted by atomic mass is 32.1. The topological polar surface area (TPSA) is 51.2 Å². The van der Waals surface area contributed by atoms with Crippen LogP contribution in [-0.4, -0.2) is 18.0 Å². The van der Waals surface area contributed by atoms with Crippen molar-refractivity contribution in [1.82, 2.24) is 4.98 Å². The summed E-state index contributed by atoms with van der Waals surface area (Å²) in [5.74, 6) is 0.606. The van der Waals surface area contributed by atoms with E-state index in [4.69, 9.17) is 4.74 Å². The lowest BCUT2D eigenvalue weighted by molar-refractivity contribution is 0.103. The first-order valence-electron chi connectivity index (χ1n) is 8.86. The predicted octanol–water partition coefficient (Wildman–Crippen LogP) is 4.97. The van der Waals surface area contributed by atoms with Gasteiger partial charge in [-0.05, 0) is 48.9 Å². The number of aryl methyl sites for hydroxylation is 2. The van der Waals surface area contributed by atoms with Crippen molar-refractivity contribution < 1.29 is 9.53 Å². The molecule has 1 amide bonds. The van der Waals surface area contributed by atoms with Gasteiger partial charge in [0.05, 0.1) is 24.0 Å². The van der Waals surface area contributed by atoms with Crippen molar-refractivity contribution in [3.63, 3.8) is 0 Å². The molecule has 0 radical (unpaired) electrons. The Balaban J connectivity index is 1.85. The van der Waals surface area contributed by atoms with Crippen LogP contribution >= 0.6 is 11.3 Å². The fourth-order valence-corrected chi connectivity index (χ4v) is 3.99. The molecule has 1 aromatic heterocycles. The number of anilines is 1. The summed E-state index contributed by atoms with van der Waals surface area (Å²) in [6, 6.07) is 4.17. The van der Waals surface area contributed by atoms with Gasteiger partial charge in [0.15, 0.2) is 0 Å². The van der Waals surface area contributed by atoms with Gasteiger partial charge in [0.1, 0.15) is 10.6 Å². The number of nitrogens with zero attached hydrogens (tertiary/aromatic N) is 1. The molecule has 2 aromatic rings. The molecule has 0 aliphatic heterocycles. The third kappa shape index (κ3) is 4.03. The number of aromatic nitrogens is 1. The molecule has 3 rings (SSSR count). The van der Waals surface area contributed by atoms with Crippen molar-refractivity contribution in [3.8, 4) is 5.75 Å². The average Bonchev–Trinajstić information content (AvgIpc) is 2.96. The number of fused-ring (bicyclic) bond motifs is 1. The van der Waals surface area contributed by atoms with Crippen molar-refractivity contribution in [2.75, 3.05) is 12.4 Å². The van der Waals surface area contributed by atoms with Gasteiger partial charge in [-0.15, -0.1) is 11.3 Å². The number of hydrogen-bond donors (Lipinski definition) is 1. The monoisotopic (exact) mass is 358 g/mol. The van der Waals surface area contributed by atoms with Crippen LogP contribution in [0, 0.1) is 0 Å². The number of rotatable bonds is 3. The van der Waals surface area contributed by atoms with E-state index in [0.29, 0.717) is 4.88 Å². The summed E-state index contributed by atoms with van der Waals surface area (Å²) < 4.78 is 5.52. The zero-order valence-corrected chi connectivity index (χ0v) is 16.3. The standard InChI is InChI=1S/C20H26N2O2S/c1-20(2,3)19-21-12-17(25-19)18(23)22-15-10-13-8-6-5-7-9-14(13)11-16(15)24-4/h10-12H,5-9H2,1-4H3,(H,22,23). The van der Waals surface area contributed by atoms with Crippen molar-refractivity contribution in [2.24, 2.45) is 0 Å². The summed E-state index contributed by atoms with van der Waals surface area (Å²) in [5.41, 5.74) is 3.37. The number of thiazole rings is 1. The highest BCUT2D eigenvalue weighted by Gasteiger charge is 2.21. The summed E-state index contributed by atoms with van der Waals surface area (Å²) in [6.07, 6.45) is 7.50. The molecule has 1 N–H and O–H groups in total. The molecular formula is C20H26N2O2S. The van der Waals surface area contributed by atoms with Crippen molar-refractivity contribution in [3.05, 3.63) is 39.3 Å². The zero-order chi connectivity index (χ0) is 18.0. The minimum absolute atomic E-state index is 0.0506. The van der Waals surface area contributed by atoms with E-state index in [9.17, 15) is 4.79 Å². The Kier molecular flexibility index (Phi) is 5.13. The second-order valence-electron chi connectivity index (χ2n) is 7.62. The first kappa shape index (κ1) is 17.9. The maximum Gasteiger partial charge on any atom is 0.267 e. The highest BCUT2D eigenvalue weighted by Crippen LogP contribution is 2.33. The van der Waals surface area contributed by atoms with Crippen LogP contribution in [0.15, 0.2) is 18.3 Å². The molecule has 0 bridgehead atoms. The normalized spacial score (nSPS) is 14.6. The number of ether oxygens (including phenoxy) is 1. The molecule has 0 atom stereocenters. The summed E-state index contributed by atoms with van der Waals surface area (Å²) in [4.78, 5) is 17.7. The van der Waals surface area contributed by atoms with Crippen LogP contribution in [0.2, 0.25) is 0 Å². The lowest BCUT2D eigenvalue weighted by Gasteiger charge is -2.15. The fourth-order valence-electron chi connectivity index (χ4n) is 3.12. The van der Waals surface area contributed by atoms with Crippen molar-refractivity contribution in [2.45, 2.75) is 58.3 Å². The molecule has 5 heteroatoms. The number of hydrogen-bond acceptors (Lipinski definition) is 4. The Morgan fingerprint density at radius 1 is 1.16 bits per heavy atom. The van der Waals surface area contributed by atoms with Gasteiger partial charge in [0.2, 0.25) is 0 Å². The Morgan fingerprint density at radius 3 is 2.44 bits per heavy atom. The second-order valence-corrected chi connectivity index (χ2v) is 8.65. The average molecular weight is 359 g/mol. The zero-order valence-electron chi connectivity index (χ0n) is 15.4. The molecule has 4 nitrogen and oxygen atoms in total. The van der Waals surface area contributed by atoms with Gasteiger partial charge in [-0.1, -0.05) is 27.2 Å². The largest absolute Gasteiger partial charge is 0.495 e. The van der Waals surface area contributed by atoms with Crippen LogP contribution in [0.5, 0.6) is 5.75 Å². The van der Waals surface area contributed by atoms with Gasteiger partial charge in [-0.2, -0.15) is 0 Å². The van der Waals surface area contributed by atoms with E-state index in [0.717, 1.165) is 29.3 Å². The van der Waals surface area contributed by atoms with E-state index < -0.39 is 0 Å². The first-order valence-corrected chi connectivity index (χ1v) is 9.67. The molecule has 1 heterocycles. The Morgan fingerprint density at radius 2 is 1.84 bits per heavy atom. The molecule has 1 aromatic carbocycles. The minimum atomic E-state index is -0.125. The lowest BCUT2D eigenvalue weighted by atomic mass is 9.98. The Bertz CT molecular complexity index is 774. The van der Waals surface area contributed by atoms with E-state index >= 15 is 0 Å². The third-order valence-corrected chi connectivity index (χ3v) is 5.96. The Hall–Kier alpha value is -1.88. The van der Waals surface area contributed by atoms with Crippen LogP contribution in [0.3, 0.4) is 0 Å². The van der Waals surface area contributed by atoms with Gasteiger partial charge >= 0.3 is 0 Å². The van der Waals surface area contributed by atoms with E-state index in [1.165, 1.54) is 41.7 Å². The van der Waals surface area contributed by atoms with Crippen molar-refractivity contribution in [1.29, 1.82) is 0 Å². The van der Waals surface area contributed by atoms with Gasteiger partial charge in [0, 0.05) is 5.41 Å². The number of nitrogens with one attached hydrogen (secondary N) is 1. The first-order chi connectivity index (χ1) is 11.9. The summed E-state index contributed by atoms with van der Waals surface area (Å²) in [6.45, 7) is 6.30. The maximum absolute atomic E-state index is 12.7. The van der Waals surface area contributed by atoms with Gasteiger partial charge in [-0.25, -0.2) is 4.98 Å². The molecule has 25 heavy (non-hydrogen) atoms. The van der Waals surface area contributed by atoms with Gasteiger partial charge in [-0.3, -0.25) is 4.79 Å². The van der Waals surface area contributed by atoms with E-state index in [2.05, 4.69) is 43.2 Å². The summed E-state index contributed by atoms with van der Waals surface area (Å²) in [5, 5.41) is 3.98. The molecule has 0 unspecified atom stereocenters. The number of carbonyl (C=O) groups is 1. The molecule has 0 spiro atoms. The molecule has 0 fully saturated rings. The van der Waals surface area contributed by atoms with Crippen LogP contribution < -0.4 is 10.1 Å². The Labute approximate surface area is 153 Å². The van der Waals surface area contributed by atoms with Gasteiger partial charge in [0.25, 0.3) is 5.91 Å². The van der Waals surface area contributed by atoms with Crippen molar-refractivity contribution >= 4 is 22.9 Å². The SMILES string of the molecule is COc1cc2c(cc1NC(=O)c1cnc(C(C)(C)C)s1)CCCCC2. The number of benzene rings is 1. The second kappa shape index (κ2) is 7.16. The molecular weight excluding hydrogens is 332 g/mol. The van der Waals surface area contributed by atoms with Crippen LogP contribution in [0.4, 0.5) is 5.69 Å². The molecule has 1 aliphatic carbocycles. The summed E-state index contributed by atoms with van der Waals surface area (Å²) in [7, 11) is 1.65. The third-order valence-electron chi connectivity index (χ3n) is 4.53. The van der Waals surface area contributed by atoms with E-state index in [1.54, 1.807) is 13.3 Å². The fraction of sp³-hybridized carbons (Fsp3) is 0.500. The lowest BCUT2D eigenvalue weighted by Crippen LogP contribution is -2.12. The minimum Gasteiger partial charge on any atom is -0.495 e. The molecule has 0 saturated heterocycles. The van der Waals surface area contributed by atoms with Crippen LogP contribution in [0.25, 0.3) is 0 Å². The quantitative estimate of drug-likeness (QED) is 0.788. The number of methoxy groups -OCH3 is 1. The molecule has 0 saturated carbocycles. The highest BCUT2D eigenvalue weighted by molar-refractivity contribution is 7.13. The smallest absolute Gasteiger partial charge is 0.267 e. The summed E-state index contributed by atoms with van der Waals surface area (Å²) >= 11 is 1.45. The van der Waals surface area contributed by atoms with E-state index in [1.807, 2.05) is 0 Å². The molecule has 134 valence electrons. The van der Waals surface area contributed by atoms with E-state index in [-0.39, 0.29) is 11.3 Å². The number of carbonyl (C=O) groups excluding carboxylic acids is 1. The van der Waals surface area contributed by atoms with Gasteiger partial charge < -0.3 is 10.1 Å². The molecule has 1 aliphatic rings. The van der Waals surface area contributed by atoms with Crippen LogP contribution in [-0.2, 0) is 18.3 Å². The predicted molar refractivity (Wildman–Crippen MR) is 103 cm³/mol. The maximum atomic E-state index is 12.7. The number of amides is 1. The van der Waals surface area contributed by atoms with Crippen LogP contribution in [0.1, 0.15) is 65.8 Å².